The van der Waals surface area contributed by atoms with E-state index in [0.717, 1.165) is 5.56 Å². The van der Waals surface area contributed by atoms with Gasteiger partial charge in [-0.3, -0.25) is 0 Å². The van der Waals surface area contributed by atoms with E-state index in [-0.39, 0.29) is 5.95 Å². The first kappa shape index (κ1) is 13.1. The molecule has 0 saturated heterocycles. The van der Waals surface area contributed by atoms with Gasteiger partial charge < -0.3 is 11.1 Å². The first-order chi connectivity index (χ1) is 8.95. The third kappa shape index (κ3) is 3.54. The number of aromatic nitrogens is 3. The zero-order valence-electron chi connectivity index (χ0n) is 9.65. The van der Waals surface area contributed by atoms with E-state index in [4.69, 9.17) is 5.73 Å². The highest BCUT2D eigenvalue weighted by molar-refractivity contribution is 5.33. The van der Waals surface area contributed by atoms with Crippen molar-refractivity contribution in [1.29, 1.82) is 0 Å². The van der Waals surface area contributed by atoms with Crippen LogP contribution < -0.4 is 11.1 Å². The van der Waals surface area contributed by atoms with Crippen molar-refractivity contribution in [2.24, 2.45) is 0 Å². The maximum Gasteiger partial charge on any atom is 0.451 e. The summed E-state index contributed by atoms with van der Waals surface area (Å²) >= 11 is 0. The third-order valence-corrected chi connectivity index (χ3v) is 2.20. The van der Waals surface area contributed by atoms with Gasteiger partial charge in [-0.15, -0.1) is 0 Å². The van der Waals surface area contributed by atoms with Crippen LogP contribution in [-0.4, -0.2) is 15.0 Å². The molecule has 0 atom stereocenters. The number of hydrogen-bond acceptors (Lipinski definition) is 5. The lowest BCUT2D eigenvalue weighted by Crippen LogP contribution is -2.16. The highest BCUT2D eigenvalue weighted by atomic mass is 19.4. The van der Waals surface area contributed by atoms with Gasteiger partial charge in [-0.2, -0.15) is 28.1 Å². The number of alkyl halides is 3. The second kappa shape index (κ2) is 5.09. The summed E-state index contributed by atoms with van der Waals surface area (Å²) in [7, 11) is 0. The molecule has 0 amide bonds. The van der Waals surface area contributed by atoms with Gasteiger partial charge >= 0.3 is 6.18 Å². The molecule has 2 rings (SSSR count). The number of nitrogen functional groups attached to an aromatic ring is 1. The molecule has 0 bridgehead atoms. The average Bonchev–Trinajstić information content (AvgIpc) is 2.36. The Balaban J connectivity index is 2.15. The van der Waals surface area contributed by atoms with Gasteiger partial charge in [0.2, 0.25) is 17.7 Å². The molecular formula is C11H10F3N5. The predicted molar refractivity (Wildman–Crippen MR) is 63.0 cm³/mol. The van der Waals surface area contributed by atoms with E-state index in [1.165, 1.54) is 0 Å². The Morgan fingerprint density at radius 3 is 2.37 bits per heavy atom. The predicted octanol–water partition coefficient (Wildman–Crippen LogP) is 2.08. The van der Waals surface area contributed by atoms with Gasteiger partial charge in [-0.05, 0) is 5.56 Å². The molecule has 0 aliphatic heterocycles. The normalized spacial score (nSPS) is 11.3. The molecule has 0 unspecified atom stereocenters. The molecular weight excluding hydrogens is 259 g/mol. The molecule has 0 aliphatic carbocycles. The van der Waals surface area contributed by atoms with E-state index in [1.807, 2.05) is 30.3 Å². The smallest absolute Gasteiger partial charge is 0.368 e. The minimum absolute atomic E-state index is 0.205. The van der Waals surface area contributed by atoms with Gasteiger partial charge in [-0.25, -0.2) is 0 Å². The second-order valence-electron chi connectivity index (χ2n) is 3.68. The van der Waals surface area contributed by atoms with E-state index in [2.05, 4.69) is 20.3 Å². The molecule has 5 nitrogen and oxygen atoms in total. The first-order valence-corrected chi connectivity index (χ1v) is 5.32. The van der Waals surface area contributed by atoms with Gasteiger partial charge in [0.1, 0.15) is 0 Å². The van der Waals surface area contributed by atoms with E-state index in [0.29, 0.717) is 6.54 Å². The van der Waals surface area contributed by atoms with Crippen molar-refractivity contribution >= 4 is 11.9 Å². The summed E-state index contributed by atoms with van der Waals surface area (Å²) in [4.78, 5) is 9.94. The lowest BCUT2D eigenvalue weighted by atomic mass is 10.2. The average molecular weight is 269 g/mol. The Bertz CT molecular complexity index is 556. The largest absolute Gasteiger partial charge is 0.451 e. The number of nitrogens with two attached hydrogens (primary N) is 1. The summed E-state index contributed by atoms with van der Waals surface area (Å²) in [6.07, 6.45) is -4.65. The van der Waals surface area contributed by atoms with Crippen LogP contribution in [0.2, 0.25) is 0 Å². The lowest BCUT2D eigenvalue weighted by molar-refractivity contribution is -0.144. The maximum absolute atomic E-state index is 12.5. The molecule has 0 saturated carbocycles. The van der Waals surface area contributed by atoms with Crippen molar-refractivity contribution in [1.82, 2.24) is 15.0 Å². The number of benzene rings is 1. The molecule has 100 valence electrons. The number of hydrogen-bond donors (Lipinski definition) is 2. The summed E-state index contributed by atoms with van der Waals surface area (Å²) in [5, 5.41) is 2.67. The number of halogens is 3. The number of nitrogens with one attached hydrogen (secondary N) is 1. The van der Waals surface area contributed by atoms with Crippen LogP contribution in [0.15, 0.2) is 30.3 Å². The van der Waals surface area contributed by atoms with E-state index >= 15 is 0 Å². The van der Waals surface area contributed by atoms with Crippen LogP contribution in [0.3, 0.4) is 0 Å². The van der Waals surface area contributed by atoms with Gasteiger partial charge in [0.25, 0.3) is 0 Å². The van der Waals surface area contributed by atoms with E-state index < -0.39 is 17.9 Å². The van der Waals surface area contributed by atoms with Crippen LogP contribution in [0.4, 0.5) is 25.1 Å². The van der Waals surface area contributed by atoms with Crippen molar-refractivity contribution in [3.63, 3.8) is 0 Å². The SMILES string of the molecule is Nc1nc(NCc2ccccc2)nc(C(F)(F)F)n1. The zero-order valence-corrected chi connectivity index (χ0v) is 9.65. The fraction of sp³-hybridized carbons (Fsp3) is 0.182. The molecule has 1 aromatic carbocycles. The minimum atomic E-state index is -4.65. The van der Waals surface area contributed by atoms with Gasteiger partial charge in [0.15, 0.2) is 0 Å². The van der Waals surface area contributed by atoms with Crippen LogP contribution in [0.1, 0.15) is 11.4 Å². The van der Waals surface area contributed by atoms with Crippen molar-refractivity contribution in [3.8, 4) is 0 Å². The highest BCUT2D eigenvalue weighted by Crippen LogP contribution is 2.26. The van der Waals surface area contributed by atoms with Crippen LogP contribution in [-0.2, 0) is 12.7 Å². The number of nitrogens with zero attached hydrogens (tertiary/aromatic N) is 3. The fourth-order valence-corrected chi connectivity index (χ4v) is 1.38. The zero-order chi connectivity index (χ0) is 13.9. The monoisotopic (exact) mass is 269 g/mol. The molecule has 8 heteroatoms. The summed E-state index contributed by atoms with van der Waals surface area (Å²) in [6.45, 7) is 0.293. The Hall–Kier alpha value is -2.38. The fourth-order valence-electron chi connectivity index (χ4n) is 1.38. The van der Waals surface area contributed by atoms with Crippen LogP contribution in [0.5, 0.6) is 0 Å². The van der Waals surface area contributed by atoms with Crippen LogP contribution >= 0.6 is 0 Å². The minimum Gasteiger partial charge on any atom is -0.368 e. The number of anilines is 2. The summed E-state index contributed by atoms with van der Waals surface area (Å²) in [6, 6.07) is 9.12. The lowest BCUT2D eigenvalue weighted by Gasteiger charge is -2.09. The molecule has 19 heavy (non-hydrogen) atoms. The van der Waals surface area contributed by atoms with Crippen molar-refractivity contribution in [3.05, 3.63) is 41.7 Å². The van der Waals surface area contributed by atoms with Crippen LogP contribution in [0.25, 0.3) is 0 Å². The highest BCUT2D eigenvalue weighted by Gasteiger charge is 2.35. The number of rotatable bonds is 3. The quantitative estimate of drug-likeness (QED) is 0.892. The maximum atomic E-state index is 12.5. The van der Waals surface area contributed by atoms with Crippen molar-refractivity contribution < 1.29 is 13.2 Å². The molecule has 0 aliphatic rings. The second-order valence-corrected chi connectivity index (χ2v) is 3.68. The Morgan fingerprint density at radius 1 is 1.05 bits per heavy atom. The van der Waals surface area contributed by atoms with Gasteiger partial charge in [-0.1, -0.05) is 30.3 Å². The Morgan fingerprint density at radius 2 is 1.74 bits per heavy atom. The van der Waals surface area contributed by atoms with Crippen LogP contribution in [0, 0.1) is 0 Å². The summed E-state index contributed by atoms with van der Waals surface area (Å²) in [5.41, 5.74) is 6.11. The van der Waals surface area contributed by atoms with Crippen molar-refractivity contribution in [2.75, 3.05) is 11.1 Å². The molecule has 0 radical (unpaired) electrons. The molecule has 3 N–H and O–H groups in total. The molecule has 2 aromatic rings. The Kier molecular flexibility index (Phi) is 3.50. The third-order valence-electron chi connectivity index (χ3n) is 2.20. The van der Waals surface area contributed by atoms with Crippen molar-refractivity contribution in [2.45, 2.75) is 12.7 Å². The Labute approximate surface area is 106 Å². The van der Waals surface area contributed by atoms with E-state index in [1.54, 1.807) is 0 Å². The standard InChI is InChI=1S/C11H10F3N5/c12-11(13,14)8-17-9(15)19-10(18-8)16-6-7-4-2-1-3-5-7/h1-5H,6H2,(H3,15,16,17,18,19). The molecule has 1 heterocycles. The molecule has 0 fully saturated rings. The first-order valence-electron chi connectivity index (χ1n) is 5.32. The summed E-state index contributed by atoms with van der Waals surface area (Å²) in [5.74, 6) is -1.99. The summed E-state index contributed by atoms with van der Waals surface area (Å²) < 4.78 is 37.4. The topological polar surface area (TPSA) is 76.7 Å². The van der Waals surface area contributed by atoms with Gasteiger partial charge in [0, 0.05) is 6.54 Å². The molecule has 1 aromatic heterocycles. The van der Waals surface area contributed by atoms with E-state index in [9.17, 15) is 13.2 Å². The van der Waals surface area contributed by atoms with Gasteiger partial charge in [0.05, 0.1) is 0 Å². The molecule has 0 spiro atoms.